The molecule has 2 unspecified atom stereocenters. The number of hydrogen-bond donors (Lipinski definition) is 0. The first-order valence-electron chi connectivity index (χ1n) is 10.8. The lowest BCUT2D eigenvalue weighted by Gasteiger charge is -2.30. The zero-order chi connectivity index (χ0) is 20.9. The van der Waals surface area contributed by atoms with Gasteiger partial charge in [-0.2, -0.15) is 0 Å². The molecule has 0 heterocycles. The maximum absolute atomic E-state index is 13.7. The third-order valence-corrected chi connectivity index (χ3v) is 6.90. The van der Waals surface area contributed by atoms with Gasteiger partial charge in [0.05, 0.1) is 5.70 Å². The van der Waals surface area contributed by atoms with Crippen molar-refractivity contribution in [2.75, 3.05) is 0 Å². The van der Waals surface area contributed by atoms with Crippen LogP contribution in [-0.4, -0.2) is 12.0 Å². The molecule has 0 amide bonds. The highest BCUT2D eigenvalue weighted by atomic mass is 19.1. The number of allylic oxidation sites excluding steroid dienone is 1. The molecule has 2 nitrogen and oxygen atoms in total. The van der Waals surface area contributed by atoms with E-state index >= 15 is 0 Å². The van der Waals surface area contributed by atoms with Gasteiger partial charge in [0.2, 0.25) is 0 Å². The normalized spacial score (nSPS) is 25.9. The number of benzene rings is 1. The Kier molecular flexibility index (Phi) is 7.74. The molecule has 1 aromatic carbocycles. The topological polar surface area (TPSA) is 29.4 Å². The predicted octanol–water partition coefficient (Wildman–Crippen LogP) is 6.71. The Bertz CT molecular complexity index is 738. The first-order valence-corrected chi connectivity index (χ1v) is 10.8. The molecule has 28 heavy (non-hydrogen) atoms. The second-order valence-electron chi connectivity index (χ2n) is 8.74. The van der Waals surface area contributed by atoms with Crippen LogP contribution in [-0.2, 0) is 11.2 Å². The van der Waals surface area contributed by atoms with Gasteiger partial charge >= 0.3 is 0 Å². The molecule has 1 fully saturated rings. The Labute approximate surface area is 170 Å². The van der Waals surface area contributed by atoms with Crippen LogP contribution in [0.15, 0.2) is 35.5 Å². The molecule has 4 atom stereocenters. The van der Waals surface area contributed by atoms with E-state index in [0.29, 0.717) is 29.5 Å². The number of aryl methyl sites for hydroxylation is 1. The molecule has 0 saturated heterocycles. The van der Waals surface area contributed by atoms with E-state index in [1.807, 2.05) is 19.1 Å². The Balaban J connectivity index is 2.33. The molecular weight excluding hydrogens is 349 g/mol. The van der Waals surface area contributed by atoms with Gasteiger partial charge in [-0.1, -0.05) is 59.2 Å². The molecule has 0 aromatic heterocycles. The van der Waals surface area contributed by atoms with Gasteiger partial charge in [-0.3, -0.25) is 9.79 Å². The van der Waals surface area contributed by atoms with E-state index in [1.54, 1.807) is 13.1 Å². The minimum Gasteiger partial charge on any atom is -0.292 e. The van der Waals surface area contributed by atoms with Crippen molar-refractivity contribution in [2.24, 2.45) is 28.2 Å². The number of hydrogen-bond acceptors (Lipinski definition) is 2. The average molecular weight is 386 g/mol. The summed E-state index contributed by atoms with van der Waals surface area (Å²) in [5.41, 5.74) is 2.28. The van der Waals surface area contributed by atoms with Gasteiger partial charge in [-0.15, -0.1) is 0 Å². The number of carbonyl (C=O) groups excluding carboxylic acids is 1. The summed E-state index contributed by atoms with van der Waals surface area (Å²) >= 11 is 0. The monoisotopic (exact) mass is 385 g/mol. The van der Waals surface area contributed by atoms with Crippen molar-refractivity contribution in [2.45, 2.75) is 73.1 Å². The van der Waals surface area contributed by atoms with Crippen LogP contribution >= 0.6 is 0 Å². The Morgan fingerprint density at radius 2 is 2.11 bits per heavy atom. The van der Waals surface area contributed by atoms with Crippen molar-refractivity contribution in [3.63, 3.8) is 0 Å². The van der Waals surface area contributed by atoms with Crippen molar-refractivity contribution in [3.05, 3.63) is 47.4 Å². The fraction of sp³-hybridized carbons (Fsp3) is 0.600. The summed E-state index contributed by atoms with van der Waals surface area (Å²) < 4.78 is 13.7. The number of ketones is 1. The van der Waals surface area contributed by atoms with Crippen LogP contribution in [0.3, 0.4) is 0 Å². The molecule has 0 bridgehead atoms. The van der Waals surface area contributed by atoms with E-state index in [-0.39, 0.29) is 22.9 Å². The minimum atomic E-state index is -0.200. The number of rotatable bonds is 9. The molecule has 1 aliphatic carbocycles. The van der Waals surface area contributed by atoms with Gasteiger partial charge < -0.3 is 0 Å². The van der Waals surface area contributed by atoms with Crippen molar-refractivity contribution in [3.8, 4) is 0 Å². The van der Waals surface area contributed by atoms with Gasteiger partial charge in [-0.25, -0.2) is 4.39 Å². The minimum absolute atomic E-state index is 0.0480. The highest BCUT2D eigenvalue weighted by Gasteiger charge is 2.45. The van der Waals surface area contributed by atoms with E-state index in [2.05, 4.69) is 32.3 Å². The number of nitrogens with zero attached hydrogens (tertiary/aromatic N) is 1. The summed E-state index contributed by atoms with van der Waals surface area (Å²) in [7, 11) is 0. The maximum Gasteiger partial charge on any atom is 0.184 e. The lowest BCUT2D eigenvalue weighted by atomic mass is 9.75. The van der Waals surface area contributed by atoms with Crippen LogP contribution in [0.4, 0.5) is 4.39 Å². The fourth-order valence-corrected chi connectivity index (χ4v) is 4.94. The smallest absolute Gasteiger partial charge is 0.184 e. The van der Waals surface area contributed by atoms with E-state index in [4.69, 9.17) is 0 Å². The lowest BCUT2D eigenvalue weighted by molar-refractivity contribution is -0.120. The van der Waals surface area contributed by atoms with Crippen molar-refractivity contribution in [1.29, 1.82) is 0 Å². The second kappa shape index (κ2) is 9.62. The van der Waals surface area contributed by atoms with E-state index in [9.17, 15) is 9.18 Å². The van der Waals surface area contributed by atoms with Crippen LogP contribution in [0.5, 0.6) is 0 Å². The molecule has 0 spiro atoms. The Morgan fingerprint density at radius 3 is 2.64 bits per heavy atom. The molecule has 2 rings (SSSR count). The summed E-state index contributed by atoms with van der Waals surface area (Å²) in [6, 6.07) is 5.20. The van der Waals surface area contributed by atoms with Crippen LogP contribution in [0, 0.1) is 35.9 Å². The molecule has 154 valence electrons. The molecule has 1 saturated carbocycles. The molecule has 0 aliphatic heterocycles. The van der Waals surface area contributed by atoms with Crippen LogP contribution in [0.2, 0.25) is 0 Å². The number of halogens is 1. The largest absolute Gasteiger partial charge is 0.292 e. The molecule has 3 heteroatoms. The second-order valence-corrected chi connectivity index (χ2v) is 8.74. The fourth-order valence-electron chi connectivity index (χ4n) is 4.94. The Morgan fingerprint density at radius 1 is 1.39 bits per heavy atom. The van der Waals surface area contributed by atoms with Gasteiger partial charge in [0.1, 0.15) is 5.82 Å². The van der Waals surface area contributed by atoms with Crippen LogP contribution < -0.4 is 0 Å². The summed E-state index contributed by atoms with van der Waals surface area (Å²) in [6.07, 6.45) is 7.56. The van der Waals surface area contributed by atoms with Crippen molar-refractivity contribution >= 4 is 12.0 Å². The zero-order valence-electron chi connectivity index (χ0n) is 18.2. The van der Waals surface area contributed by atoms with E-state index < -0.39 is 0 Å². The SMILES string of the molecule is C=C(N=CCC)C(=O)C(Cc1ccc(F)c(C)c1)C1C[C@@H](CC)[C@@](C)(CC)C1. The van der Waals surface area contributed by atoms with Gasteiger partial charge in [0.25, 0.3) is 0 Å². The number of Topliss-reactive ketones (excluding diaryl/α,β-unsaturated/α-hetero) is 1. The van der Waals surface area contributed by atoms with Gasteiger partial charge in [0.15, 0.2) is 5.78 Å². The van der Waals surface area contributed by atoms with E-state index in [1.165, 1.54) is 6.07 Å². The molecule has 0 N–H and O–H groups in total. The van der Waals surface area contributed by atoms with Crippen molar-refractivity contribution in [1.82, 2.24) is 0 Å². The third kappa shape index (κ3) is 4.98. The molecular formula is C25H36FNO. The third-order valence-electron chi connectivity index (χ3n) is 6.90. The molecule has 0 radical (unpaired) electrons. The first kappa shape index (κ1) is 22.5. The van der Waals surface area contributed by atoms with Crippen LogP contribution in [0.25, 0.3) is 0 Å². The maximum atomic E-state index is 13.7. The number of carbonyl (C=O) groups is 1. The quantitative estimate of drug-likeness (QED) is 0.343. The number of aliphatic imine (C=N–C) groups is 1. The highest BCUT2D eigenvalue weighted by molar-refractivity contribution is 5.97. The summed E-state index contributed by atoms with van der Waals surface area (Å²) in [5.74, 6) is 0.663. The average Bonchev–Trinajstić information content (AvgIpc) is 3.03. The van der Waals surface area contributed by atoms with E-state index in [0.717, 1.165) is 37.7 Å². The van der Waals surface area contributed by atoms with Crippen molar-refractivity contribution < 1.29 is 9.18 Å². The predicted molar refractivity (Wildman–Crippen MR) is 116 cm³/mol. The first-order chi connectivity index (χ1) is 13.3. The summed E-state index contributed by atoms with van der Waals surface area (Å²) in [4.78, 5) is 17.6. The zero-order valence-corrected chi connectivity index (χ0v) is 18.2. The standard InChI is InChI=1S/C25H36FNO/c1-7-12-27-18(5)24(28)22(14-19-10-11-23(26)17(4)13-19)20-15-21(8-2)25(6,9-3)16-20/h10-13,20-22H,5,7-9,14-16H2,1-4,6H3/t20?,21-,22?,25+/m1/s1. The molecule has 1 aliphatic rings. The van der Waals surface area contributed by atoms with Crippen LogP contribution in [0.1, 0.15) is 70.9 Å². The Hall–Kier alpha value is -1.77. The lowest BCUT2D eigenvalue weighted by Crippen LogP contribution is -2.26. The van der Waals surface area contributed by atoms with Gasteiger partial charge in [0, 0.05) is 12.1 Å². The summed E-state index contributed by atoms with van der Waals surface area (Å²) in [6.45, 7) is 14.6. The van der Waals surface area contributed by atoms with Gasteiger partial charge in [-0.05, 0) is 67.1 Å². The highest BCUT2D eigenvalue weighted by Crippen LogP contribution is 2.53. The summed E-state index contributed by atoms with van der Waals surface area (Å²) in [5, 5.41) is 0. The molecule has 1 aromatic rings.